The maximum atomic E-state index is 11.7. The SMILES string of the molecule is CNC(=O)c1ccc(N)c(N2CC3CCC(C2)O3)c1. The molecule has 0 saturated carbocycles. The summed E-state index contributed by atoms with van der Waals surface area (Å²) < 4.78 is 5.83. The zero-order chi connectivity index (χ0) is 13.4. The fourth-order valence-corrected chi connectivity index (χ4v) is 2.91. The van der Waals surface area contributed by atoms with Crippen LogP contribution in [0.1, 0.15) is 23.2 Å². The van der Waals surface area contributed by atoms with Gasteiger partial charge in [-0.15, -0.1) is 0 Å². The van der Waals surface area contributed by atoms with Crippen LogP contribution >= 0.6 is 0 Å². The van der Waals surface area contributed by atoms with Gasteiger partial charge in [0.25, 0.3) is 5.91 Å². The summed E-state index contributed by atoms with van der Waals surface area (Å²) >= 11 is 0. The Bertz CT molecular complexity index is 491. The number of morpholine rings is 1. The van der Waals surface area contributed by atoms with E-state index in [-0.39, 0.29) is 5.91 Å². The first-order valence-corrected chi connectivity index (χ1v) is 6.69. The maximum Gasteiger partial charge on any atom is 0.251 e. The van der Waals surface area contributed by atoms with Crippen molar-refractivity contribution in [2.24, 2.45) is 0 Å². The molecule has 2 fully saturated rings. The van der Waals surface area contributed by atoms with Crippen molar-refractivity contribution in [3.05, 3.63) is 23.8 Å². The number of nitrogens with zero attached hydrogens (tertiary/aromatic N) is 1. The molecule has 2 aliphatic rings. The van der Waals surface area contributed by atoms with Crippen LogP contribution in [-0.2, 0) is 4.74 Å². The Balaban J connectivity index is 1.89. The first-order chi connectivity index (χ1) is 9.17. The van der Waals surface area contributed by atoms with E-state index in [0.29, 0.717) is 23.5 Å². The predicted molar refractivity (Wildman–Crippen MR) is 74.4 cm³/mol. The lowest BCUT2D eigenvalue weighted by molar-refractivity contribution is 0.0305. The van der Waals surface area contributed by atoms with Crippen LogP contribution in [0.4, 0.5) is 11.4 Å². The Morgan fingerprint density at radius 3 is 2.68 bits per heavy atom. The second-order valence-corrected chi connectivity index (χ2v) is 5.22. The third-order valence-corrected chi connectivity index (χ3v) is 3.90. The molecule has 19 heavy (non-hydrogen) atoms. The third-order valence-electron chi connectivity index (χ3n) is 3.90. The summed E-state index contributed by atoms with van der Waals surface area (Å²) in [5.74, 6) is -0.0857. The molecule has 2 aliphatic heterocycles. The van der Waals surface area contributed by atoms with Crippen LogP contribution in [0.15, 0.2) is 18.2 Å². The van der Waals surface area contributed by atoms with E-state index in [4.69, 9.17) is 10.5 Å². The van der Waals surface area contributed by atoms with E-state index in [1.807, 2.05) is 6.07 Å². The molecule has 102 valence electrons. The number of rotatable bonds is 2. The van der Waals surface area contributed by atoms with Gasteiger partial charge in [-0.3, -0.25) is 4.79 Å². The quantitative estimate of drug-likeness (QED) is 0.779. The number of carbonyl (C=O) groups excluding carboxylic acids is 1. The first kappa shape index (κ1) is 12.3. The topological polar surface area (TPSA) is 67.6 Å². The number of nitrogen functional groups attached to an aromatic ring is 1. The van der Waals surface area contributed by atoms with E-state index in [0.717, 1.165) is 31.6 Å². The summed E-state index contributed by atoms with van der Waals surface area (Å²) in [5.41, 5.74) is 8.37. The number of nitrogens with two attached hydrogens (primary N) is 1. The molecule has 5 nitrogen and oxygen atoms in total. The van der Waals surface area contributed by atoms with Crippen molar-refractivity contribution in [3.8, 4) is 0 Å². The summed E-state index contributed by atoms with van der Waals surface area (Å²) in [6, 6.07) is 5.43. The number of benzene rings is 1. The number of hydrogen-bond acceptors (Lipinski definition) is 4. The maximum absolute atomic E-state index is 11.7. The van der Waals surface area contributed by atoms with E-state index in [9.17, 15) is 4.79 Å². The molecule has 1 aromatic carbocycles. The zero-order valence-corrected chi connectivity index (χ0v) is 11.1. The molecule has 0 radical (unpaired) electrons. The van der Waals surface area contributed by atoms with Crippen molar-refractivity contribution in [1.82, 2.24) is 5.32 Å². The van der Waals surface area contributed by atoms with Gasteiger partial charge in [0.1, 0.15) is 0 Å². The van der Waals surface area contributed by atoms with Crippen LogP contribution in [0, 0.1) is 0 Å². The molecule has 0 spiro atoms. The number of fused-ring (bicyclic) bond motifs is 2. The highest BCUT2D eigenvalue weighted by Crippen LogP contribution is 2.32. The lowest BCUT2D eigenvalue weighted by Gasteiger charge is -2.34. The van der Waals surface area contributed by atoms with Gasteiger partial charge < -0.3 is 20.7 Å². The molecule has 1 amide bonds. The lowest BCUT2D eigenvalue weighted by Crippen LogP contribution is -2.43. The number of hydrogen-bond donors (Lipinski definition) is 2. The number of ether oxygens (including phenoxy) is 1. The highest BCUT2D eigenvalue weighted by molar-refractivity contribution is 5.96. The zero-order valence-electron chi connectivity index (χ0n) is 11.1. The number of nitrogens with one attached hydrogen (secondary N) is 1. The average molecular weight is 261 g/mol. The molecule has 2 bridgehead atoms. The largest absolute Gasteiger partial charge is 0.397 e. The van der Waals surface area contributed by atoms with Gasteiger partial charge in [-0.25, -0.2) is 0 Å². The standard InChI is InChI=1S/C14H19N3O2/c1-16-14(18)9-2-5-12(15)13(6-9)17-7-10-3-4-11(8-17)19-10/h2,5-6,10-11H,3-4,7-8,15H2,1H3,(H,16,18). The summed E-state index contributed by atoms with van der Waals surface area (Å²) in [6.07, 6.45) is 2.86. The van der Waals surface area contributed by atoms with Gasteiger partial charge >= 0.3 is 0 Å². The fraction of sp³-hybridized carbons (Fsp3) is 0.500. The van der Waals surface area contributed by atoms with Gasteiger partial charge in [-0.1, -0.05) is 0 Å². The molecule has 2 saturated heterocycles. The molecule has 0 aliphatic carbocycles. The fourth-order valence-electron chi connectivity index (χ4n) is 2.91. The Hall–Kier alpha value is -1.75. The summed E-state index contributed by atoms with van der Waals surface area (Å²) in [5, 5.41) is 2.64. The second-order valence-electron chi connectivity index (χ2n) is 5.22. The van der Waals surface area contributed by atoms with Crippen molar-refractivity contribution < 1.29 is 9.53 Å². The number of amides is 1. The Morgan fingerprint density at radius 2 is 2.05 bits per heavy atom. The predicted octanol–water partition coefficient (Wildman–Crippen LogP) is 0.996. The molecule has 5 heteroatoms. The lowest BCUT2D eigenvalue weighted by atomic mass is 10.1. The highest BCUT2D eigenvalue weighted by atomic mass is 16.5. The van der Waals surface area contributed by atoms with Gasteiger partial charge in [-0.2, -0.15) is 0 Å². The van der Waals surface area contributed by atoms with E-state index >= 15 is 0 Å². The smallest absolute Gasteiger partial charge is 0.251 e. The van der Waals surface area contributed by atoms with Crippen LogP contribution in [0.3, 0.4) is 0 Å². The summed E-state index contributed by atoms with van der Waals surface area (Å²) in [7, 11) is 1.63. The number of anilines is 2. The monoisotopic (exact) mass is 261 g/mol. The molecular formula is C14H19N3O2. The van der Waals surface area contributed by atoms with Crippen LogP contribution in [0.2, 0.25) is 0 Å². The molecule has 2 heterocycles. The van der Waals surface area contributed by atoms with Gasteiger partial charge in [-0.05, 0) is 31.0 Å². The minimum atomic E-state index is -0.0857. The van der Waals surface area contributed by atoms with E-state index in [1.165, 1.54) is 0 Å². The van der Waals surface area contributed by atoms with Crippen molar-refractivity contribution in [1.29, 1.82) is 0 Å². The first-order valence-electron chi connectivity index (χ1n) is 6.69. The third kappa shape index (κ3) is 2.26. The van der Waals surface area contributed by atoms with Gasteiger partial charge in [0.2, 0.25) is 0 Å². The average Bonchev–Trinajstić information content (AvgIpc) is 2.77. The number of carbonyl (C=O) groups is 1. The molecule has 3 N–H and O–H groups in total. The van der Waals surface area contributed by atoms with Crippen molar-refractivity contribution in [2.45, 2.75) is 25.0 Å². The molecular weight excluding hydrogens is 242 g/mol. The van der Waals surface area contributed by atoms with E-state index in [1.54, 1.807) is 19.2 Å². The normalized spacial score (nSPS) is 25.4. The Morgan fingerprint density at radius 1 is 1.37 bits per heavy atom. The molecule has 3 rings (SSSR count). The van der Waals surface area contributed by atoms with Crippen molar-refractivity contribution in [3.63, 3.8) is 0 Å². The highest BCUT2D eigenvalue weighted by Gasteiger charge is 2.34. The van der Waals surface area contributed by atoms with Gasteiger partial charge in [0, 0.05) is 25.7 Å². The van der Waals surface area contributed by atoms with Gasteiger partial charge in [0.05, 0.1) is 23.6 Å². The Kier molecular flexibility index (Phi) is 3.06. The molecule has 2 atom stereocenters. The second kappa shape index (κ2) is 4.74. The van der Waals surface area contributed by atoms with Crippen molar-refractivity contribution >= 4 is 17.3 Å². The van der Waals surface area contributed by atoms with Crippen molar-refractivity contribution in [2.75, 3.05) is 30.8 Å². The minimum absolute atomic E-state index is 0.0857. The minimum Gasteiger partial charge on any atom is -0.397 e. The molecule has 0 aromatic heterocycles. The van der Waals surface area contributed by atoms with E-state index < -0.39 is 0 Å². The summed E-state index contributed by atoms with van der Waals surface area (Å²) in [6.45, 7) is 1.72. The molecule has 2 unspecified atom stereocenters. The van der Waals surface area contributed by atoms with Crippen LogP contribution in [0.5, 0.6) is 0 Å². The van der Waals surface area contributed by atoms with E-state index in [2.05, 4.69) is 10.2 Å². The van der Waals surface area contributed by atoms with Crippen LogP contribution in [0.25, 0.3) is 0 Å². The summed E-state index contributed by atoms with van der Waals surface area (Å²) in [4.78, 5) is 13.9. The van der Waals surface area contributed by atoms with Crippen LogP contribution < -0.4 is 16.0 Å². The molecule has 1 aromatic rings. The van der Waals surface area contributed by atoms with Crippen LogP contribution in [-0.4, -0.2) is 38.3 Å². The van der Waals surface area contributed by atoms with Gasteiger partial charge in [0.15, 0.2) is 0 Å². The Labute approximate surface area is 112 Å².